The van der Waals surface area contributed by atoms with Crippen LogP contribution in [-0.4, -0.2) is 5.78 Å². The summed E-state index contributed by atoms with van der Waals surface area (Å²) in [5, 5.41) is 0. The molecule has 0 fully saturated rings. The molecule has 2 aromatic rings. The third-order valence-electron chi connectivity index (χ3n) is 2.61. The number of ketones is 1. The van der Waals surface area contributed by atoms with Gasteiger partial charge in [0.15, 0.2) is 17.4 Å². The van der Waals surface area contributed by atoms with Gasteiger partial charge < -0.3 is 0 Å². The molecule has 2 aromatic carbocycles. The maximum Gasteiger partial charge on any atom is 0.193 e. The smallest absolute Gasteiger partial charge is 0.193 e. The molecule has 0 spiro atoms. The summed E-state index contributed by atoms with van der Waals surface area (Å²) in [6.07, 6.45) is 0. The topological polar surface area (TPSA) is 17.1 Å². The van der Waals surface area contributed by atoms with E-state index in [4.69, 9.17) is 0 Å². The fraction of sp³-hybridized carbons (Fsp3) is 0.0714. The van der Waals surface area contributed by atoms with Crippen molar-refractivity contribution in [3.63, 3.8) is 0 Å². The van der Waals surface area contributed by atoms with Crippen LogP contribution >= 0.6 is 0 Å². The number of carbonyl (C=O) groups excluding carboxylic acids is 1. The van der Waals surface area contributed by atoms with Gasteiger partial charge in [-0.1, -0.05) is 0 Å². The largest absolute Gasteiger partial charge is 0.289 e. The number of benzene rings is 2. The predicted molar refractivity (Wildman–Crippen MR) is 60.9 cm³/mol. The highest BCUT2D eigenvalue weighted by molar-refractivity contribution is 6.09. The first-order valence-electron chi connectivity index (χ1n) is 5.25. The first-order valence-corrected chi connectivity index (χ1v) is 5.25. The molecule has 0 unspecified atom stereocenters. The fourth-order valence-corrected chi connectivity index (χ4v) is 1.67. The Bertz CT molecular complexity index is 620. The van der Waals surface area contributed by atoms with Gasteiger partial charge in [0.2, 0.25) is 0 Å². The van der Waals surface area contributed by atoms with Crippen LogP contribution in [0.15, 0.2) is 36.4 Å². The average molecular weight is 250 g/mol. The fourth-order valence-electron chi connectivity index (χ4n) is 1.67. The molecule has 0 heterocycles. The number of carbonyl (C=O) groups is 1. The number of hydrogen-bond acceptors (Lipinski definition) is 1. The monoisotopic (exact) mass is 250 g/mol. The van der Waals surface area contributed by atoms with Crippen molar-refractivity contribution < 1.29 is 18.0 Å². The quantitative estimate of drug-likeness (QED) is 0.743. The van der Waals surface area contributed by atoms with Gasteiger partial charge in [-0.2, -0.15) is 0 Å². The van der Waals surface area contributed by atoms with Crippen LogP contribution in [-0.2, 0) is 0 Å². The number of halogens is 3. The van der Waals surface area contributed by atoms with E-state index in [1.54, 1.807) is 6.92 Å². The van der Waals surface area contributed by atoms with Gasteiger partial charge in [0.1, 0.15) is 5.82 Å². The van der Waals surface area contributed by atoms with Crippen molar-refractivity contribution in [2.75, 3.05) is 0 Å². The van der Waals surface area contributed by atoms with Gasteiger partial charge in [-0.3, -0.25) is 4.79 Å². The minimum absolute atomic E-state index is 0.0311. The first-order chi connectivity index (χ1) is 8.49. The van der Waals surface area contributed by atoms with Gasteiger partial charge in [0.05, 0.1) is 0 Å². The lowest BCUT2D eigenvalue weighted by atomic mass is 9.99. The van der Waals surface area contributed by atoms with Gasteiger partial charge in [-0.25, -0.2) is 13.2 Å². The Kier molecular flexibility index (Phi) is 3.19. The lowest BCUT2D eigenvalue weighted by Crippen LogP contribution is -2.05. The van der Waals surface area contributed by atoms with E-state index in [1.807, 2.05) is 0 Å². The molecule has 0 atom stereocenters. The Balaban J connectivity index is 2.44. The molecule has 0 saturated carbocycles. The number of hydrogen-bond donors (Lipinski definition) is 0. The van der Waals surface area contributed by atoms with E-state index in [0.29, 0.717) is 5.56 Å². The van der Waals surface area contributed by atoms with Gasteiger partial charge in [-0.15, -0.1) is 0 Å². The van der Waals surface area contributed by atoms with Crippen molar-refractivity contribution in [1.82, 2.24) is 0 Å². The average Bonchev–Trinajstić information content (AvgIpc) is 2.32. The molecule has 18 heavy (non-hydrogen) atoms. The summed E-state index contributed by atoms with van der Waals surface area (Å²) in [7, 11) is 0. The molecule has 0 aliphatic rings. The Morgan fingerprint density at radius 3 is 2.28 bits per heavy atom. The molecule has 92 valence electrons. The van der Waals surface area contributed by atoms with Crippen molar-refractivity contribution >= 4 is 5.78 Å². The molecule has 0 bridgehead atoms. The molecule has 2 rings (SSSR count). The van der Waals surface area contributed by atoms with Crippen molar-refractivity contribution in [1.29, 1.82) is 0 Å². The Morgan fingerprint density at radius 1 is 0.944 bits per heavy atom. The predicted octanol–water partition coefficient (Wildman–Crippen LogP) is 3.64. The van der Waals surface area contributed by atoms with Crippen molar-refractivity contribution in [3.8, 4) is 0 Å². The van der Waals surface area contributed by atoms with Crippen LogP contribution in [0.25, 0.3) is 0 Å². The van der Waals surface area contributed by atoms with Crippen LogP contribution in [0.4, 0.5) is 13.2 Å². The minimum atomic E-state index is -1.08. The normalized spacial score (nSPS) is 10.4. The highest BCUT2D eigenvalue weighted by atomic mass is 19.2. The summed E-state index contributed by atoms with van der Waals surface area (Å²) in [6.45, 7) is 1.58. The third-order valence-corrected chi connectivity index (χ3v) is 2.61. The van der Waals surface area contributed by atoms with Gasteiger partial charge >= 0.3 is 0 Å². The van der Waals surface area contributed by atoms with E-state index in [2.05, 4.69) is 0 Å². The minimum Gasteiger partial charge on any atom is -0.289 e. The molecule has 4 heteroatoms. The highest BCUT2D eigenvalue weighted by Crippen LogP contribution is 2.17. The maximum atomic E-state index is 13.0. The van der Waals surface area contributed by atoms with Crippen LogP contribution in [0, 0.1) is 24.4 Å². The molecule has 0 aromatic heterocycles. The van der Waals surface area contributed by atoms with E-state index in [-0.39, 0.29) is 11.1 Å². The highest BCUT2D eigenvalue weighted by Gasteiger charge is 2.14. The summed E-state index contributed by atoms with van der Waals surface area (Å²) in [5.41, 5.74) is 0.746. The van der Waals surface area contributed by atoms with Crippen molar-refractivity contribution in [2.24, 2.45) is 0 Å². The SMILES string of the molecule is Cc1cc(F)ccc1C(=O)c1ccc(F)c(F)c1. The molecule has 0 aliphatic heterocycles. The molecular formula is C14H9F3O. The molecule has 1 nitrogen and oxygen atoms in total. The maximum absolute atomic E-state index is 13.0. The Morgan fingerprint density at radius 2 is 1.67 bits per heavy atom. The second-order valence-corrected chi connectivity index (χ2v) is 3.92. The Hall–Kier alpha value is -2.10. The van der Waals surface area contributed by atoms with E-state index >= 15 is 0 Å². The lowest BCUT2D eigenvalue weighted by molar-refractivity contribution is 0.103. The van der Waals surface area contributed by atoms with E-state index in [9.17, 15) is 18.0 Å². The molecular weight excluding hydrogens is 241 g/mol. The number of aryl methyl sites for hydroxylation is 1. The van der Waals surface area contributed by atoms with Crippen LogP contribution in [0.3, 0.4) is 0 Å². The second kappa shape index (κ2) is 4.64. The van der Waals surface area contributed by atoms with Crippen LogP contribution in [0.5, 0.6) is 0 Å². The van der Waals surface area contributed by atoms with Gasteiger partial charge in [0.25, 0.3) is 0 Å². The second-order valence-electron chi connectivity index (χ2n) is 3.92. The lowest BCUT2D eigenvalue weighted by Gasteiger charge is -2.05. The zero-order chi connectivity index (χ0) is 13.3. The summed E-state index contributed by atoms with van der Waals surface area (Å²) in [4.78, 5) is 12.0. The summed E-state index contributed by atoms with van der Waals surface area (Å²) in [6, 6.07) is 6.62. The first kappa shape index (κ1) is 12.4. The molecule has 0 amide bonds. The zero-order valence-corrected chi connectivity index (χ0v) is 9.51. The van der Waals surface area contributed by atoms with E-state index in [1.165, 1.54) is 18.2 Å². The summed E-state index contributed by atoms with van der Waals surface area (Å²) < 4.78 is 38.7. The summed E-state index contributed by atoms with van der Waals surface area (Å²) in [5.74, 6) is -3.01. The molecule has 0 aliphatic carbocycles. The number of rotatable bonds is 2. The van der Waals surface area contributed by atoms with Crippen LogP contribution in [0.1, 0.15) is 21.5 Å². The van der Waals surface area contributed by atoms with Crippen molar-refractivity contribution in [3.05, 3.63) is 70.5 Å². The summed E-state index contributed by atoms with van der Waals surface area (Å²) >= 11 is 0. The molecule has 0 radical (unpaired) electrons. The third kappa shape index (κ3) is 2.27. The van der Waals surface area contributed by atoms with Crippen LogP contribution in [0.2, 0.25) is 0 Å². The van der Waals surface area contributed by atoms with Gasteiger partial charge in [-0.05, 0) is 48.9 Å². The Labute approximate surface area is 102 Å². The van der Waals surface area contributed by atoms with Crippen LogP contribution < -0.4 is 0 Å². The van der Waals surface area contributed by atoms with Gasteiger partial charge in [0, 0.05) is 11.1 Å². The zero-order valence-electron chi connectivity index (χ0n) is 9.51. The molecule has 0 N–H and O–H groups in total. The van der Waals surface area contributed by atoms with E-state index in [0.717, 1.165) is 18.2 Å². The standard InChI is InChI=1S/C14H9F3O/c1-8-6-10(15)3-4-11(8)14(18)9-2-5-12(16)13(17)7-9/h2-7H,1H3. The van der Waals surface area contributed by atoms with Crippen molar-refractivity contribution in [2.45, 2.75) is 6.92 Å². The molecule has 0 saturated heterocycles. The van der Waals surface area contributed by atoms with E-state index < -0.39 is 23.2 Å².